The molecule has 0 spiro atoms. The number of benzene rings is 2. The highest BCUT2D eigenvalue weighted by atomic mass is 16.6. The Kier molecular flexibility index (Phi) is 22.0. The molecule has 0 saturated heterocycles. The van der Waals surface area contributed by atoms with Crippen LogP contribution in [0.15, 0.2) is 36.4 Å². The van der Waals surface area contributed by atoms with Gasteiger partial charge in [-0.05, 0) is 24.3 Å². The molecular weight excluding hydrogens is 632 g/mol. The lowest BCUT2D eigenvalue weighted by Gasteiger charge is -2.15. The minimum Gasteiger partial charge on any atom is -0.490 e. The maximum atomic E-state index is 5.85. The molecule has 14 nitrogen and oxygen atoms in total. The Bertz CT molecular complexity index is 916. The molecule has 0 aromatic heterocycles. The van der Waals surface area contributed by atoms with Crippen LogP contribution in [-0.4, -0.2) is 146 Å². The molecule has 0 N–H and O–H groups in total. The molecule has 2 aromatic rings. The van der Waals surface area contributed by atoms with Gasteiger partial charge in [0.25, 0.3) is 0 Å². The van der Waals surface area contributed by atoms with E-state index in [-0.39, 0.29) is 0 Å². The van der Waals surface area contributed by atoms with Gasteiger partial charge in [-0.15, -0.1) is 0 Å². The third-order valence-electron chi connectivity index (χ3n) is 6.47. The third kappa shape index (κ3) is 16.8. The van der Waals surface area contributed by atoms with Crippen LogP contribution in [0.2, 0.25) is 0 Å². The summed E-state index contributed by atoms with van der Waals surface area (Å²) >= 11 is 0. The molecule has 272 valence electrons. The fourth-order valence-corrected chi connectivity index (χ4v) is 4.21. The normalized spacial score (nSPS) is 19.0. The number of para-hydroxylation sites is 2. The topological polar surface area (TPSA) is 129 Å². The lowest BCUT2D eigenvalue weighted by molar-refractivity contribution is -0.00758. The fraction of sp³-hybridized carbons (Fsp3) is 0.647. The standard InChI is InChI=1S/C34H52O14/c1-35-33-29-5-3-6-30(33)46-26-22-42-18-14-38-10-12-40-16-20-44-24-28-48-32-8-4-7-31(34(32)36-2)47-27-23-43-19-15-39-11-9-37-13-17-41-21-25-45-29/h3-8H,9-28H2,1-2H3. The van der Waals surface area contributed by atoms with Gasteiger partial charge in [0.2, 0.25) is 11.5 Å². The molecular formula is C34H52O14. The monoisotopic (exact) mass is 684 g/mol. The summed E-state index contributed by atoms with van der Waals surface area (Å²) in [5.74, 6) is 3.34. The van der Waals surface area contributed by atoms with Crippen molar-refractivity contribution in [3.05, 3.63) is 36.4 Å². The van der Waals surface area contributed by atoms with E-state index in [1.165, 1.54) is 0 Å². The Morgan fingerprint density at radius 3 is 0.688 bits per heavy atom. The summed E-state index contributed by atoms with van der Waals surface area (Å²) in [7, 11) is 3.15. The second kappa shape index (κ2) is 26.8. The molecule has 1 aliphatic rings. The summed E-state index contributed by atoms with van der Waals surface area (Å²) in [6, 6.07) is 11.0. The van der Waals surface area contributed by atoms with Crippen LogP contribution in [0, 0.1) is 0 Å². The van der Waals surface area contributed by atoms with Gasteiger partial charge < -0.3 is 66.3 Å². The zero-order valence-corrected chi connectivity index (χ0v) is 28.3. The van der Waals surface area contributed by atoms with E-state index in [2.05, 4.69) is 0 Å². The largest absolute Gasteiger partial charge is 0.490 e. The van der Waals surface area contributed by atoms with Crippen LogP contribution in [0.1, 0.15) is 0 Å². The van der Waals surface area contributed by atoms with Gasteiger partial charge in [-0.25, -0.2) is 0 Å². The molecule has 3 rings (SSSR count). The zero-order chi connectivity index (χ0) is 33.7. The summed E-state index contributed by atoms with van der Waals surface area (Å²) in [5, 5.41) is 0. The van der Waals surface area contributed by atoms with Crippen LogP contribution >= 0.6 is 0 Å². The van der Waals surface area contributed by atoms with Gasteiger partial charge in [0, 0.05) is 0 Å². The lowest BCUT2D eigenvalue weighted by Crippen LogP contribution is -2.15. The van der Waals surface area contributed by atoms with E-state index in [0.29, 0.717) is 167 Å². The van der Waals surface area contributed by atoms with Crippen LogP contribution in [0.4, 0.5) is 0 Å². The van der Waals surface area contributed by atoms with Crippen molar-refractivity contribution in [2.45, 2.75) is 0 Å². The molecule has 0 radical (unpaired) electrons. The average Bonchev–Trinajstić information content (AvgIpc) is 3.10. The van der Waals surface area contributed by atoms with E-state index < -0.39 is 0 Å². The Labute approximate surface area is 283 Å². The molecule has 1 heterocycles. The first-order valence-corrected chi connectivity index (χ1v) is 16.3. The molecule has 14 heteroatoms. The second-order valence-corrected chi connectivity index (χ2v) is 9.87. The van der Waals surface area contributed by atoms with Crippen molar-refractivity contribution in [3.63, 3.8) is 0 Å². The zero-order valence-electron chi connectivity index (χ0n) is 28.3. The second-order valence-electron chi connectivity index (χ2n) is 9.87. The molecule has 0 amide bonds. The molecule has 2 aromatic carbocycles. The van der Waals surface area contributed by atoms with E-state index in [0.717, 1.165) is 0 Å². The highest BCUT2D eigenvalue weighted by molar-refractivity contribution is 5.51. The van der Waals surface area contributed by atoms with Gasteiger partial charge in [0.05, 0.1) is 120 Å². The fourth-order valence-electron chi connectivity index (χ4n) is 4.21. The molecule has 0 unspecified atom stereocenters. The third-order valence-corrected chi connectivity index (χ3v) is 6.47. The minimum atomic E-state index is 0.351. The van der Waals surface area contributed by atoms with Crippen LogP contribution in [0.3, 0.4) is 0 Å². The van der Waals surface area contributed by atoms with Crippen molar-refractivity contribution < 1.29 is 66.3 Å². The number of methoxy groups -OCH3 is 2. The molecule has 4 bridgehead atoms. The Hall–Kier alpha value is -3.08. The molecule has 1 aliphatic heterocycles. The Balaban J connectivity index is 1.37. The van der Waals surface area contributed by atoms with Gasteiger partial charge in [-0.3, -0.25) is 0 Å². The predicted octanol–water partition coefficient (Wildman–Crippen LogP) is 3.07. The van der Waals surface area contributed by atoms with Crippen molar-refractivity contribution in [1.29, 1.82) is 0 Å². The highest BCUT2D eigenvalue weighted by Crippen LogP contribution is 2.37. The van der Waals surface area contributed by atoms with Gasteiger partial charge in [0.15, 0.2) is 23.0 Å². The number of fused-ring (bicyclic) bond motifs is 4. The van der Waals surface area contributed by atoms with Crippen LogP contribution < -0.4 is 28.4 Å². The van der Waals surface area contributed by atoms with Gasteiger partial charge in [0.1, 0.15) is 26.4 Å². The van der Waals surface area contributed by atoms with Gasteiger partial charge in [-0.1, -0.05) is 12.1 Å². The first-order chi connectivity index (χ1) is 23.8. The molecule has 0 aliphatic carbocycles. The highest BCUT2D eigenvalue weighted by Gasteiger charge is 2.13. The number of hydrogen-bond donors (Lipinski definition) is 0. The van der Waals surface area contributed by atoms with E-state index in [1.807, 2.05) is 36.4 Å². The van der Waals surface area contributed by atoms with E-state index in [9.17, 15) is 0 Å². The van der Waals surface area contributed by atoms with Gasteiger partial charge in [-0.2, -0.15) is 0 Å². The maximum absolute atomic E-state index is 5.85. The first-order valence-electron chi connectivity index (χ1n) is 16.3. The smallest absolute Gasteiger partial charge is 0.203 e. The predicted molar refractivity (Wildman–Crippen MR) is 175 cm³/mol. The minimum absolute atomic E-state index is 0.351. The van der Waals surface area contributed by atoms with E-state index in [1.54, 1.807) is 14.2 Å². The summed E-state index contributed by atoms with van der Waals surface area (Å²) in [6.45, 7) is 8.45. The van der Waals surface area contributed by atoms with Crippen LogP contribution in [0.25, 0.3) is 0 Å². The summed E-state index contributed by atoms with van der Waals surface area (Å²) in [5.41, 5.74) is 0. The van der Waals surface area contributed by atoms with Crippen molar-refractivity contribution in [2.75, 3.05) is 146 Å². The van der Waals surface area contributed by atoms with E-state index in [4.69, 9.17) is 66.3 Å². The van der Waals surface area contributed by atoms with Gasteiger partial charge >= 0.3 is 0 Å². The van der Waals surface area contributed by atoms with Crippen molar-refractivity contribution in [3.8, 4) is 34.5 Å². The van der Waals surface area contributed by atoms with E-state index >= 15 is 0 Å². The quantitative estimate of drug-likeness (QED) is 0.460. The van der Waals surface area contributed by atoms with Crippen molar-refractivity contribution in [1.82, 2.24) is 0 Å². The molecule has 48 heavy (non-hydrogen) atoms. The average molecular weight is 685 g/mol. The lowest BCUT2D eigenvalue weighted by atomic mass is 10.3. The molecule has 0 atom stereocenters. The number of ether oxygens (including phenoxy) is 14. The van der Waals surface area contributed by atoms with Crippen LogP contribution in [-0.2, 0) is 37.9 Å². The van der Waals surface area contributed by atoms with Crippen LogP contribution in [0.5, 0.6) is 34.5 Å². The Morgan fingerprint density at radius 2 is 0.500 bits per heavy atom. The number of rotatable bonds is 2. The van der Waals surface area contributed by atoms with Crippen molar-refractivity contribution in [2.24, 2.45) is 0 Å². The SMILES string of the molecule is COc1c2cccc1OCCOCCOCCOCCOCCOc1cccc(c1OC)OCCOCCOCCOCCOCCO2. The molecule has 0 fully saturated rings. The Morgan fingerprint density at radius 1 is 0.312 bits per heavy atom. The van der Waals surface area contributed by atoms with Crippen molar-refractivity contribution >= 4 is 0 Å². The summed E-state index contributed by atoms with van der Waals surface area (Å²) in [6.07, 6.45) is 0. The maximum Gasteiger partial charge on any atom is 0.203 e. The first kappa shape index (κ1) is 39.4. The summed E-state index contributed by atoms with van der Waals surface area (Å²) < 4.78 is 79.1. The molecule has 0 saturated carbocycles. The number of hydrogen-bond acceptors (Lipinski definition) is 14. The summed E-state index contributed by atoms with van der Waals surface area (Å²) in [4.78, 5) is 0.